The van der Waals surface area contributed by atoms with Crippen LogP contribution in [0.4, 0.5) is 11.4 Å². The number of hydrogen-bond acceptors (Lipinski definition) is 5. The molecule has 2 heterocycles. The number of hydrogen-bond donors (Lipinski definition) is 2. The van der Waals surface area contributed by atoms with Crippen molar-refractivity contribution in [3.8, 4) is 5.75 Å². The zero-order valence-corrected chi connectivity index (χ0v) is 20.2. The van der Waals surface area contributed by atoms with E-state index in [0.717, 1.165) is 5.56 Å². The topological polar surface area (TPSA) is 105 Å². The summed E-state index contributed by atoms with van der Waals surface area (Å²) in [6.07, 6.45) is 0.445. The molecule has 0 radical (unpaired) electrons. The van der Waals surface area contributed by atoms with Gasteiger partial charge < -0.3 is 15.4 Å². The van der Waals surface area contributed by atoms with E-state index in [1.165, 1.54) is 10.4 Å². The van der Waals surface area contributed by atoms with Gasteiger partial charge in [0.1, 0.15) is 5.75 Å². The SMILES string of the molecule is Cc1cc2c(cc1S(=O)(=O)N1CCC[C@H](C(=O)Nc3cccc(Cl)c3C)C1)O[C@H](C)C(=O)N2. The minimum atomic E-state index is -3.87. The van der Waals surface area contributed by atoms with E-state index in [-0.39, 0.29) is 23.3 Å². The Morgan fingerprint density at radius 2 is 2.03 bits per heavy atom. The number of ether oxygens (including phenoxy) is 1. The van der Waals surface area contributed by atoms with Crippen molar-refractivity contribution in [3.05, 3.63) is 46.5 Å². The van der Waals surface area contributed by atoms with Crippen molar-refractivity contribution in [3.63, 3.8) is 0 Å². The Hall–Kier alpha value is -2.62. The van der Waals surface area contributed by atoms with E-state index in [1.54, 1.807) is 38.1 Å². The van der Waals surface area contributed by atoms with E-state index >= 15 is 0 Å². The number of sulfonamides is 1. The number of nitrogens with zero attached hydrogens (tertiary/aromatic N) is 1. The van der Waals surface area contributed by atoms with Gasteiger partial charge in [0.05, 0.1) is 16.5 Å². The fraction of sp³-hybridized carbons (Fsp3) is 0.391. The number of carbonyl (C=O) groups excluding carboxylic acids is 2. The average Bonchev–Trinajstić information content (AvgIpc) is 2.77. The van der Waals surface area contributed by atoms with Crippen LogP contribution in [0.15, 0.2) is 35.2 Å². The van der Waals surface area contributed by atoms with Gasteiger partial charge in [-0.1, -0.05) is 17.7 Å². The third kappa shape index (κ3) is 4.58. The summed E-state index contributed by atoms with van der Waals surface area (Å²) in [7, 11) is -3.87. The van der Waals surface area contributed by atoms with Gasteiger partial charge >= 0.3 is 0 Å². The number of benzene rings is 2. The zero-order valence-electron chi connectivity index (χ0n) is 18.6. The lowest BCUT2D eigenvalue weighted by atomic mass is 9.98. The van der Waals surface area contributed by atoms with Gasteiger partial charge in [0.25, 0.3) is 5.91 Å². The summed E-state index contributed by atoms with van der Waals surface area (Å²) in [5.74, 6) is -0.686. The predicted molar refractivity (Wildman–Crippen MR) is 126 cm³/mol. The second-order valence-corrected chi connectivity index (χ2v) is 10.8. The summed E-state index contributed by atoms with van der Waals surface area (Å²) in [6, 6.07) is 8.33. The average molecular weight is 492 g/mol. The molecule has 2 N–H and O–H groups in total. The smallest absolute Gasteiger partial charge is 0.265 e. The molecule has 0 unspecified atom stereocenters. The molecule has 2 atom stereocenters. The molecular weight excluding hydrogens is 466 g/mol. The third-order valence-electron chi connectivity index (χ3n) is 6.11. The maximum Gasteiger partial charge on any atom is 0.265 e. The molecule has 2 aliphatic heterocycles. The van der Waals surface area contributed by atoms with Crippen molar-refractivity contribution in [1.82, 2.24) is 4.31 Å². The van der Waals surface area contributed by atoms with E-state index in [0.29, 0.717) is 47.1 Å². The molecule has 8 nitrogen and oxygen atoms in total. The van der Waals surface area contributed by atoms with E-state index in [1.807, 2.05) is 6.92 Å². The van der Waals surface area contributed by atoms with Crippen LogP contribution in [0.25, 0.3) is 0 Å². The number of fused-ring (bicyclic) bond motifs is 1. The Kier molecular flexibility index (Phi) is 6.39. The first-order valence-electron chi connectivity index (χ1n) is 10.8. The summed E-state index contributed by atoms with van der Waals surface area (Å²) in [5, 5.41) is 6.17. The highest BCUT2D eigenvalue weighted by Gasteiger charge is 2.35. The molecule has 10 heteroatoms. The molecule has 1 fully saturated rings. The number of amides is 2. The molecule has 2 aliphatic rings. The lowest BCUT2D eigenvalue weighted by molar-refractivity contribution is -0.123. The molecule has 0 saturated carbocycles. The van der Waals surface area contributed by atoms with Gasteiger partial charge in [-0.3, -0.25) is 9.59 Å². The van der Waals surface area contributed by atoms with Gasteiger partial charge in [-0.25, -0.2) is 8.42 Å². The molecule has 2 aromatic rings. The summed E-state index contributed by atoms with van der Waals surface area (Å²) >= 11 is 6.14. The molecule has 2 aromatic carbocycles. The van der Waals surface area contributed by atoms with Gasteiger partial charge in [-0.2, -0.15) is 4.31 Å². The molecule has 2 amide bonds. The van der Waals surface area contributed by atoms with Gasteiger partial charge in [-0.05, 0) is 62.9 Å². The summed E-state index contributed by atoms with van der Waals surface area (Å²) < 4.78 is 33.9. The lowest BCUT2D eigenvalue weighted by Gasteiger charge is -2.32. The molecule has 33 heavy (non-hydrogen) atoms. The Bertz CT molecular complexity index is 1230. The third-order valence-corrected chi connectivity index (χ3v) is 8.52. The summed E-state index contributed by atoms with van der Waals surface area (Å²) in [4.78, 5) is 24.9. The van der Waals surface area contributed by atoms with Crippen molar-refractivity contribution in [2.75, 3.05) is 23.7 Å². The first-order valence-corrected chi connectivity index (χ1v) is 12.6. The zero-order chi connectivity index (χ0) is 23.9. The Morgan fingerprint density at radius 1 is 1.27 bits per heavy atom. The largest absolute Gasteiger partial charge is 0.479 e. The standard InChI is InChI=1S/C23H26ClN3O5S/c1-13-10-19-20(32-15(3)22(28)26-19)11-21(13)33(30,31)27-9-5-6-16(12-27)23(29)25-18-8-4-7-17(24)14(18)2/h4,7-8,10-11,15-16H,5-6,9,12H2,1-3H3,(H,25,29)(H,26,28)/t15-,16+/m1/s1. The second kappa shape index (κ2) is 8.96. The fourth-order valence-electron chi connectivity index (χ4n) is 4.11. The van der Waals surface area contributed by atoms with E-state index in [4.69, 9.17) is 16.3 Å². The number of nitrogens with one attached hydrogen (secondary N) is 2. The highest BCUT2D eigenvalue weighted by Crippen LogP contribution is 2.36. The highest BCUT2D eigenvalue weighted by molar-refractivity contribution is 7.89. The normalized spacial score (nSPS) is 21.0. The number of carbonyl (C=O) groups is 2. The van der Waals surface area contributed by atoms with Crippen molar-refractivity contribution >= 4 is 44.8 Å². The van der Waals surface area contributed by atoms with Crippen LogP contribution in [0.5, 0.6) is 5.75 Å². The highest BCUT2D eigenvalue weighted by atomic mass is 35.5. The van der Waals surface area contributed by atoms with E-state index in [9.17, 15) is 18.0 Å². The maximum atomic E-state index is 13.5. The molecule has 0 spiro atoms. The van der Waals surface area contributed by atoms with Gasteiger partial charge in [-0.15, -0.1) is 0 Å². The van der Waals surface area contributed by atoms with Gasteiger partial charge in [0.2, 0.25) is 15.9 Å². The van der Waals surface area contributed by atoms with Crippen LogP contribution in [0.2, 0.25) is 5.02 Å². The van der Waals surface area contributed by atoms with Gasteiger partial charge in [0, 0.05) is 29.9 Å². The number of anilines is 2. The first-order chi connectivity index (χ1) is 15.6. The fourth-order valence-corrected chi connectivity index (χ4v) is 6.03. The molecule has 176 valence electrons. The predicted octanol–water partition coefficient (Wildman–Crippen LogP) is 3.72. The van der Waals surface area contributed by atoms with Crippen molar-refractivity contribution in [2.45, 2.75) is 44.6 Å². The van der Waals surface area contributed by atoms with Crippen LogP contribution in [-0.4, -0.2) is 43.7 Å². The van der Waals surface area contributed by atoms with Crippen LogP contribution < -0.4 is 15.4 Å². The van der Waals surface area contributed by atoms with Crippen LogP contribution >= 0.6 is 11.6 Å². The Labute approximate surface area is 198 Å². The first kappa shape index (κ1) is 23.5. The van der Waals surface area contributed by atoms with Crippen molar-refractivity contribution < 1.29 is 22.7 Å². The van der Waals surface area contributed by atoms with Crippen molar-refractivity contribution in [2.24, 2.45) is 5.92 Å². The summed E-state index contributed by atoms with van der Waals surface area (Å²) in [6.45, 7) is 5.50. The molecule has 0 aromatic heterocycles. The van der Waals surface area contributed by atoms with Crippen LogP contribution in [0.3, 0.4) is 0 Å². The van der Waals surface area contributed by atoms with Crippen LogP contribution in [-0.2, 0) is 19.6 Å². The molecular formula is C23H26ClN3O5S. The minimum Gasteiger partial charge on any atom is -0.479 e. The number of aryl methyl sites for hydroxylation is 1. The number of piperidine rings is 1. The van der Waals surface area contributed by atoms with E-state index < -0.39 is 22.0 Å². The van der Waals surface area contributed by atoms with Crippen molar-refractivity contribution in [1.29, 1.82) is 0 Å². The molecule has 0 bridgehead atoms. The van der Waals surface area contributed by atoms with Gasteiger partial charge in [0.15, 0.2) is 6.10 Å². The summed E-state index contributed by atoms with van der Waals surface area (Å²) in [5.41, 5.74) is 2.32. The quantitative estimate of drug-likeness (QED) is 0.678. The molecule has 0 aliphatic carbocycles. The Balaban J connectivity index is 1.55. The van der Waals surface area contributed by atoms with E-state index in [2.05, 4.69) is 10.6 Å². The monoisotopic (exact) mass is 491 g/mol. The second-order valence-electron chi connectivity index (χ2n) is 8.47. The minimum absolute atomic E-state index is 0.0816. The number of rotatable bonds is 4. The van der Waals surface area contributed by atoms with Crippen LogP contribution in [0.1, 0.15) is 30.9 Å². The Morgan fingerprint density at radius 3 is 2.79 bits per heavy atom. The maximum absolute atomic E-state index is 13.5. The molecule has 1 saturated heterocycles. The van der Waals surface area contributed by atoms with Crippen LogP contribution in [0, 0.1) is 19.8 Å². The number of halogens is 1. The lowest BCUT2D eigenvalue weighted by Crippen LogP contribution is -2.44. The molecule has 4 rings (SSSR count).